The topological polar surface area (TPSA) is 83.5 Å². The molecule has 0 atom stereocenters. The highest BCUT2D eigenvalue weighted by molar-refractivity contribution is 7.89. The predicted octanol–water partition coefficient (Wildman–Crippen LogP) is 2.82. The summed E-state index contributed by atoms with van der Waals surface area (Å²) in [4.78, 5) is 25.1. The summed E-state index contributed by atoms with van der Waals surface area (Å²) in [6, 6.07) is 12.2. The van der Waals surface area contributed by atoms with Crippen molar-refractivity contribution in [3.05, 3.63) is 76.1 Å². The predicted molar refractivity (Wildman–Crippen MR) is 97.3 cm³/mol. The summed E-state index contributed by atoms with van der Waals surface area (Å²) in [5.74, 6) is -0.934. The molecule has 1 aliphatic rings. The van der Waals surface area contributed by atoms with Crippen LogP contribution >= 0.6 is 11.6 Å². The number of Topliss-reactive ketones (excluding diaryl/α,β-unsaturated/α-hetero) is 1. The number of hydrogen-bond acceptors (Lipinski definition) is 4. The van der Waals surface area contributed by atoms with Crippen LogP contribution in [0.3, 0.4) is 0 Å². The summed E-state index contributed by atoms with van der Waals surface area (Å²) in [6.07, 6.45) is 0. The lowest BCUT2D eigenvalue weighted by Gasteiger charge is -2.29. The van der Waals surface area contributed by atoms with Crippen molar-refractivity contribution in [1.82, 2.24) is 9.62 Å². The molecule has 0 saturated heterocycles. The van der Waals surface area contributed by atoms with Gasteiger partial charge < -0.3 is 5.32 Å². The highest BCUT2D eigenvalue weighted by Gasteiger charge is 2.38. The number of nitrogens with zero attached hydrogens (tertiary/aromatic N) is 1. The maximum atomic E-state index is 12.8. The first-order chi connectivity index (χ1) is 12.2. The normalized spacial score (nSPS) is 17.5. The van der Waals surface area contributed by atoms with Crippen molar-refractivity contribution < 1.29 is 18.0 Å². The smallest absolute Gasteiger partial charge is 0.264 e. The van der Waals surface area contributed by atoms with Gasteiger partial charge in [-0.05, 0) is 43.3 Å². The maximum absolute atomic E-state index is 12.8. The molecule has 0 bridgehead atoms. The van der Waals surface area contributed by atoms with Gasteiger partial charge in [0.1, 0.15) is 5.70 Å². The Balaban J connectivity index is 2.03. The molecule has 1 aliphatic heterocycles. The average molecular weight is 391 g/mol. The van der Waals surface area contributed by atoms with Crippen molar-refractivity contribution in [2.45, 2.75) is 11.8 Å². The first-order valence-electron chi connectivity index (χ1n) is 7.64. The van der Waals surface area contributed by atoms with Gasteiger partial charge in [-0.1, -0.05) is 23.7 Å². The molecule has 0 aliphatic carbocycles. The molecule has 1 N–H and O–H groups in total. The zero-order chi connectivity index (χ0) is 19.1. The van der Waals surface area contributed by atoms with Crippen molar-refractivity contribution in [1.29, 1.82) is 0 Å². The monoisotopic (exact) mass is 390 g/mol. The number of carbonyl (C=O) groups excluding carboxylic acids is 2. The number of nitrogens with one attached hydrogen (secondary N) is 1. The van der Waals surface area contributed by atoms with Crippen LogP contribution in [0.15, 0.2) is 64.8 Å². The van der Waals surface area contributed by atoms with Crippen LogP contribution in [0.4, 0.5) is 0 Å². The Kier molecular flexibility index (Phi) is 4.60. The highest BCUT2D eigenvalue weighted by atomic mass is 35.5. The van der Waals surface area contributed by atoms with Gasteiger partial charge in [0.15, 0.2) is 0 Å². The quantitative estimate of drug-likeness (QED) is 0.799. The summed E-state index contributed by atoms with van der Waals surface area (Å²) in [7, 11) is -2.58. The van der Waals surface area contributed by atoms with Gasteiger partial charge in [-0.3, -0.25) is 13.9 Å². The van der Waals surface area contributed by atoms with E-state index in [0.29, 0.717) is 10.6 Å². The van der Waals surface area contributed by atoms with Gasteiger partial charge in [0.05, 0.1) is 4.90 Å². The second-order valence-electron chi connectivity index (χ2n) is 5.73. The molecule has 0 unspecified atom stereocenters. The molecule has 3 rings (SSSR count). The fraction of sp³-hybridized carbons (Fsp3) is 0.111. The first kappa shape index (κ1) is 18.2. The van der Waals surface area contributed by atoms with Gasteiger partial charge in [0.25, 0.3) is 15.9 Å². The number of allylic oxidation sites excluding steroid dienone is 2. The molecule has 1 heterocycles. The van der Waals surface area contributed by atoms with Crippen LogP contribution in [0.25, 0.3) is 0 Å². The van der Waals surface area contributed by atoms with Gasteiger partial charge in [0.2, 0.25) is 5.78 Å². The Morgan fingerprint density at radius 3 is 2.35 bits per heavy atom. The largest absolute Gasteiger partial charge is 0.324 e. The van der Waals surface area contributed by atoms with Crippen LogP contribution < -0.4 is 5.32 Å². The number of sulfonamides is 1. The fourth-order valence-electron chi connectivity index (χ4n) is 2.73. The van der Waals surface area contributed by atoms with Crippen LogP contribution in [0.5, 0.6) is 0 Å². The molecule has 0 radical (unpaired) electrons. The Morgan fingerprint density at radius 2 is 1.69 bits per heavy atom. The third kappa shape index (κ3) is 3.00. The van der Waals surface area contributed by atoms with E-state index in [9.17, 15) is 18.0 Å². The van der Waals surface area contributed by atoms with Crippen LogP contribution in [-0.4, -0.2) is 31.5 Å². The van der Waals surface area contributed by atoms with Crippen LogP contribution in [0.1, 0.15) is 27.6 Å². The highest BCUT2D eigenvalue weighted by Crippen LogP contribution is 2.31. The van der Waals surface area contributed by atoms with Gasteiger partial charge in [-0.15, -0.1) is 0 Å². The Bertz CT molecular complexity index is 1040. The number of halogens is 1. The molecule has 2 aromatic carbocycles. The molecular weight excluding hydrogens is 376 g/mol. The standard InChI is InChI=1S/C18H15ClN2O4S/c1-11(20-18(23)12-7-9-13(19)10-8-12)16-17(22)14-5-3-4-6-15(14)26(24,25)21(16)2/h3-10H,1-2H3,(H,20,23)/b16-11-. The summed E-state index contributed by atoms with van der Waals surface area (Å²) in [6.45, 7) is 1.49. The first-order valence-corrected chi connectivity index (χ1v) is 9.45. The van der Waals surface area contributed by atoms with Gasteiger partial charge in [0, 0.05) is 28.9 Å². The number of fused-ring (bicyclic) bond motifs is 1. The number of benzene rings is 2. The van der Waals surface area contributed by atoms with Crippen molar-refractivity contribution in [3.63, 3.8) is 0 Å². The van der Waals surface area contributed by atoms with Crippen molar-refractivity contribution >= 4 is 33.3 Å². The van der Waals surface area contributed by atoms with Crippen molar-refractivity contribution in [2.75, 3.05) is 7.05 Å². The average Bonchev–Trinajstić information content (AvgIpc) is 2.61. The summed E-state index contributed by atoms with van der Waals surface area (Å²) in [5.41, 5.74) is 0.478. The van der Waals surface area contributed by atoms with E-state index in [1.165, 1.54) is 38.2 Å². The maximum Gasteiger partial charge on any atom is 0.264 e. The Labute approximate surface area is 156 Å². The minimum atomic E-state index is -3.87. The Hall–Kier alpha value is -2.64. The summed E-state index contributed by atoms with van der Waals surface area (Å²) < 4.78 is 26.2. The van der Waals surface area contributed by atoms with Gasteiger partial charge in [-0.25, -0.2) is 8.42 Å². The van der Waals surface area contributed by atoms with E-state index in [1.54, 1.807) is 24.3 Å². The lowest BCUT2D eigenvalue weighted by molar-refractivity contribution is 0.0963. The number of carbonyl (C=O) groups is 2. The lowest BCUT2D eigenvalue weighted by atomic mass is 10.1. The van der Waals surface area contributed by atoms with E-state index in [1.807, 2.05) is 0 Å². The van der Waals surface area contributed by atoms with E-state index in [4.69, 9.17) is 11.6 Å². The molecule has 2 aromatic rings. The second-order valence-corrected chi connectivity index (χ2v) is 8.11. The minimum Gasteiger partial charge on any atom is -0.324 e. The third-order valence-corrected chi connectivity index (χ3v) is 6.13. The number of ketones is 1. The van der Waals surface area contributed by atoms with E-state index in [2.05, 4.69) is 5.32 Å². The fourth-order valence-corrected chi connectivity index (χ4v) is 4.30. The summed E-state index contributed by atoms with van der Waals surface area (Å²) in [5, 5.41) is 3.07. The van der Waals surface area contributed by atoms with E-state index in [-0.39, 0.29) is 21.9 Å². The zero-order valence-electron chi connectivity index (χ0n) is 14.0. The molecule has 134 valence electrons. The van der Waals surface area contributed by atoms with E-state index >= 15 is 0 Å². The van der Waals surface area contributed by atoms with Crippen molar-refractivity contribution in [2.24, 2.45) is 0 Å². The van der Waals surface area contributed by atoms with Gasteiger partial charge >= 0.3 is 0 Å². The zero-order valence-corrected chi connectivity index (χ0v) is 15.6. The van der Waals surface area contributed by atoms with Crippen LogP contribution in [-0.2, 0) is 10.0 Å². The number of amides is 1. The molecule has 6 nitrogen and oxygen atoms in total. The van der Waals surface area contributed by atoms with E-state index < -0.39 is 21.7 Å². The SMILES string of the molecule is C/C(NC(=O)c1ccc(Cl)cc1)=C1\C(=O)c2ccccc2S(=O)(=O)N1C. The number of likely N-dealkylation sites (N-methyl/N-ethyl adjacent to an activating group) is 1. The molecule has 0 fully saturated rings. The van der Waals surface area contributed by atoms with E-state index in [0.717, 1.165) is 4.31 Å². The van der Waals surface area contributed by atoms with Gasteiger partial charge in [-0.2, -0.15) is 0 Å². The molecular formula is C18H15ClN2O4S. The molecule has 26 heavy (non-hydrogen) atoms. The minimum absolute atomic E-state index is 0.0481. The molecule has 8 heteroatoms. The summed E-state index contributed by atoms with van der Waals surface area (Å²) >= 11 is 5.80. The lowest BCUT2D eigenvalue weighted by Crippen LogP contribution is -2.39. The van der Waals surface area contributed by atoms with Crippen LogP contribution in [0.2, 0.25) is 5.02 Å². The number of hydrogen-bond donors (Lipinski definition) is 1. The van der Waals surface area contributed by atoms with Crippen molar-refractivity contribution in [3.8, 4) is 0 Å². The van der Waals surface area contributed by atoms with Crippen LogP contribution in [0, 0.1) is 0 Å². The second kappa shape index (κ2) is 6.59. The molecule has 1 amide bonds. The molecule has 0 saturated carbocycles. The Morgan fingerprint density at radius 1 is 1.08 bits per heavy atom. The third-order valence-electron chi connectivity index (χ3n) is 4.06. The number of rotatable bonds is 2. The molecule has 0 spiro atoms. The molecule has 0 aromatic heterocycles.